The summed E-state index contributed by atoms with van der Waals surface area (Å²) in [4.78, 5) is 17.3. The van der Waals surface area contributed by atoms with Crippen LogP contribution < -0.4 is 4.90 Å². The summed E-state index contributed by atoms with van der Waals surface area (Å²) in [6.45, 7) is 7.46. The number of rotatable bonds is 7. The van der Waals surface area contributed by atoms with Crippen molar-refractivity contribution in [2.24, 2.45) is 0 Å². The van der Waals surface area contributed by atoms with Gasteiger partial charge in [0.2, 0.25) is 15.9 Å². The van der Waals surface area contributed by atoms with Crippen molar-refractivity contribution < 1.29 is 17.6 Å². The van der Waals surface area contributed by atoms with Crippen molar-refractivity contribution in [1.82, 2.24) is 9.21 Å². The smallest absolute Gasteiger partial charge is 0.243 e. The van der Waals surface area contributed by atoms with E-state index >= 15 is 0 Å². The number of nitrogens with zero attached hydrogens (tertiary/aromatic N) is 3. The molecule has 0 bridgehead atoms. The Hall–Kier alpha value is -2.94. The summed E-state index contributed by atoms with van der Waals surface area (Å²) in [5, 5.41) is 0.110. The Morgan fingerprint density at radius 1 is 0.946 bits per heavy atom. The van der Waals surface area contributed by atoms with Gasteiger partial charge in [-0.1, -0.05) is 47.5 Å². The molecule has 0 atom stereocenters. The summed E-state index contributed by atoms with van der Waals surface area (Å²) in [5.74, 6) is -0.949. The van der Waals surface area contributed by atoms with Gasteiger partial charge in [0.25, 0.3) is 0 Å². The second-order valence-corrected chi connectivity index (χ2v) is 11.7. The molecule has 1 saturated heterocycles. The van der Waals surface area contributed by atoms with Gasteiger partial charge in [-0.15, -0.1) is 0 Å². The molecule has 4 rings (SSSR count). The van der Waals surface area contributed by atoms with Gasteiger partial charge in [0, 0.05) is 49.0 Å². The number of carbonyl (C=O) groups is 1. The van der Waals surface area contributed by atoms with E-state index in [2.05, 4.69) is 30.9 Å². The highest BCUT2D eigenvalue weighted by Gasteiger charge is 2.31. The molecule has 3 aromatic rings. The average molecular weight is 544 g/mol. The normalized spacial score (nSPS) is 14.3. The molecule has 0 saturated carbocycles. The zero-order valence-electron chi connectivity index (χ0n) is 21.2. The third kappa shape index (κ3) is 5.98. The van der Waals surface area contributed by atoms with Crippen molar-refractivity contribution in [3.8, 4) is 0 Å². The number of amides is 1. The largest absolute Gasteiger partial charge is 0.368 e. The molecule has 6 nitrogen and oxygen atoms in total. The van der Waals surface area contributed by atoms with Gasteiger partial charge in [-0.3, -0.25) is 4.79 Å². The van der Waals surface area contributed by atoms with E-state index in [0.29, 0.717) is 26.2 Å². The molecular weight excluding hydrogens is 513 g/mol. The third-order valence-corrected chi connectivity index (χ3v) is 9.08. The van der Waals surface area contributed by atoms with Crippen LogP contribution in [0.3, 0.4) is 0 Å². The van der Waals surface area contributed by atoms with Crippen molar-refractivity contribution in [2.45, 2.75) is 32.2 Å². The fraction of sp³-hybridized carbons (Fsp3) is 0.321. The summed E-state index contributed by atoms with van der Waals surface area (Å²) in [6, 6.07) is 16.7. The van der Waals surface area contributed by atoms with Crippen LogP contribution in [-0.2, 0) is 21.4 Å². The highest BCUT2D eigenvalue weighted by atomic mass is 35.5. The van der Waals surface area contributed by atoms with Crippen molar-refractivity contribution in [3.63, 3.8) is 0 Å². The predicted octanol–water partition coefficient (Wildman–Crippen LogP) is 4.94. The van der Waals surface area contributed by atoms with Crippen LogP contribution in [0, 0.1) is 26.6 Å². The SMILES string of the molecule is Cc1ccc(S(=O)(=O)N(CC(=O)N2CCN(c3cccc(C)c3C)CC2)Cc2c(F)cccc2Cl)cc1. The number of carbonyl (C=O) groups excluding carboxylic acids is 1. The van der Waals surface area contributed by atoms with Gasteiger partial charge in [0.15, 0.2) is 0 Å². The molecule has 0 radical (unpaired) electrons. The Balaban J connectivity index is 1.54. The lowest BCUT2D eigenvalue weighted by molar-refractivity contribution is -0.131. The summed E-state index contributed by atoms with van der Waals surface area (Å²) < 4.78 is 42.8. The second kappa shape index (κ2) is 11.2. The van der Waals surface area contributed by atoms with Crippen LogP contribution in [0.5, 0.6) is 0 Å². The quantitative estimate of drug-likeness (QED) is 0.423. The zero-order chi connectivity index (χ0) is 26.7. The number of hydrogen-bond donors (Lipinski definition) is 0. The lowest BCUT2D eigenvalue weighted by Gasteiger charge is -2.37. The molecule has 196 valence electrons. The topological polar surface area (TPSA) is 60.9 Å². The van der Waals surface area contributed by atoms with Gasteiger partial charge in [-0.05, 0) is 62.2 Å². The number of anilines is 1. The highest BCUT2D eigenvalue weighted by molar-refractivity contribution is 7.89. The van der Waals surface area contributed by atoms with Gasteiger partial charge < -0.3 is 9.80 Å². The minimum absolute atomic E-state index is 0.0346. The van der Waals surface area contributed by atoms with Crippen LogP contribution in [0.4, 0.5) is 10.1 Å². The van der Waals surface area contributed by atoms with Crippen molar-refractivity contribution in [1.29, 1.82) is 0 Å². The number of halogens is 2. The fourth-order valence-corrected chi connectivity index (χ4v) is 6.05. The molecule has 37 heavy (non-hydrogen) atoms. The van der Waals surface area contributed by atoms with E-state index in [9.17, 15) is 17.6 Å². The lowest BCUT2D eigenvalue weighted by atomic mass is 10.1. The molecule has 1 amide bonds. The first kappa shape index (κ1) is 27.1. The first-order chi connectivity index (χ1) is 17.6. The Morgan fingerprint density at radius 3 is 2.24 bits per heavy atom. The molecule has 9 heteroatoms. The minimum atomic E-state index is -4.10. The first-order valence-corrected chi connectivity index (χ1v) is 14.0. The molecule has 1 fully saturated rings. The van der Waals surface area contributed by atoms with Crippen molar-refractivity contribution in [2.75, 3.05) is 37.6 Å². The molecule has 0 N–H and O–H groups in total. The van der Waals surface area contributed by atoms with E-state index in [4.69, 9.17) is 11.6 Å². The number of hydrogen-bond acceptors (Lipinski definition) is 4. The van der Waals surface area contributed by atoms with E-state index in [0.717, 1.165) is 15.6 Å². The third-order valence-electron chi connectivity index (χ3n) is 6.92. The Labute approximate surface area is 223 Å². The molecular formula is C28H31ClFN3O3S. The molecule has 3 aromatic carbocycles. The second-order valence-electron chi connectivity index (χ2n) is 9.37. The zero-order valence-corrected chi connectivity index (χ0v) is 22.8. The molecule has 1 heterocycles. The molecule has 1 aliphatic heterocycles. The van der Waals surface area contributed by atoms with E-state index in [1.54, 1.807) is 17.0 Å². The van der Waals surface area contributed by atoms with Crippen LogP contribution in [0.2, 0.25) is 5.02 Å². The number of sulfonamides is 1. The number of benzene rings is 3. The van der Waals surface area contributed by atoms with E-state index in [1.165, 1.54) is 41.5 Å². The maximum atomic E-state index is 14.6. The maximum Gasteiger partial charge on any atom is 0.243 e. The highest BCUT2D eigenvalue weighted by Crippen LogP contribution is 2.26. The van der Waals surface area contributed by atoms with Crippen LogP contribution in [0.15, 0.2) is 65.6 Å². The molecule has 0 aromatic heterocycles. The van der Waals surface area contributed by atoms with Gasteiger partial charge in [-0.25, -0.2) is 12.8 Å². The predicted molar refractivity (Wildman–Crippen MR) is 145 cm³/mol. The van der Waals surface area contributed by atoms with Crippen molar-refractivity contribution in [3.05, 3.63) is 93.8 Å². The van der Waals surface area contributed by atoms with Gasteiger partial charge in [0.1, 0.15) is 5.82 Å². The molecule has 1 aliphatic rings. The van der Waals surface area contributed by atoms with Crippen LogP contribution in [0.1, 0.15) is 22.3 Å². The summed E-state index contributed by atoms with van der Waals surface area (Å²) in [6.07, 6.45) is 0. The van der Waals surface area contributed by atoms with E-state index in [-0.39, 0.29) is 27.9 Å². The molecule has 0 unspecified atom stereocenters. The van der Waals surface area contributed by atoms with E-state index in [1.807, 2.05) is 13.0 Å². The van der Waals surface area contributed by atoms with Crippen LogP contribution in [0.25, 0.3) is 0 Å². The summed E-state index contributed by atoms with van der Waals surface area (Å²) in [5.41, 5.74) is 4.50. The Kier molecular flexibility index (Phi) is 8.21. The standard InChI is InChI=1S/C28H31ClFN3O3S/c1-20-10-12-23(13-11-20)37(35,36)33(18-24-25(29)7-5-8-26(24)30)19-28(34)32-16-14-31(15-17-32)27-9-4-6-21(2)22(27)3/h4-13H,14-19H2,1-3H3. The molecule has 0 aliphatic carbocycles. The van der Waals surface area contributed by atoms with Gasteiger partial charge >= 0.3 is 0 Å². The fourth-order valence-electron chi connectivity index (χ4n) is 4.47. The van der Waals surface area contributed by atoms with Crippen LogP contribution in [-0.4, -0.2) is 56.3 Å². The summed E-state index contributed by atoms with van der Waals surface area (Å²) >= 11 is 6.21. The maximum absolute atomic E-state index is 14.6. The van der Waals surface area contributed by atoms with E-state index < -0.39 is 22.4 Å². The summed E-state index contributed by atoms with van der Waals surface area (Å²) in [7, 11) is -4.10. The van der Waals surface area contributed by atoms with Gasteiger partial charge in [-0.2, -0.15) is 4.31 Å². The Bertz CT molecular complexity index is 1370. The molecule has 0 spiro atoms. The first-order valence-electron chi connectivity index (χ1n) is 12.2. The van der Waals surface area contributed by atoms with Crippen molar-refractivity contribution >= 4 is 33.2 Å². The lowest BCUT2D eigenvalue weighted by Crippen LogP contribution is -2.52. The minimum Gasteiger partial charge on any atom is -0.368 e. The van der Waals surface area contributed by atoms with Crippen LogP contribution >= 0.6 is 11.6 Å². The number of aryl methyl sites for hydroxylation is 2. The number of piperazine rings is 1. The Morgan fingerprint density at radius 2 is 1.59 bits per heavy atom. The monoisotopic (exact) mass is 543 g/mol. The average Bonchev–Trinajstić information content (AvgIpc) is 2.87. The van der Waals surface area contributed by atoms with Gasteiger partial charge in [0.05, 0.1) is 11.4 Å².